The number of aromatic nitrogens is 1. The summed E-state index contributed by atoms with van der Waals surface area (Å²) >= 11 is 1.42. The minimum atomic E-state index is -0.598. The number of carbonyl (C=O) groups excluding carboxylic acids is 2. The Morgan fingerprint density at radius 3 is 2.69 bits per heavy atom. The van der Waals surface area contributed by atoms with E-state index in [1.165, 1.54) is 36.0 Å². The molecule has 0 radical (unpaired) electrons. The normalized spacial score (nSPS) is 17.0. The van der Waals surface area contributed by atoms with Crippen LogP contribution >= 0.6 is 11.8 Å². The first-order valence-corrected chi connectivity index (χ1v) is 9.21. The largest absolute Gasteiger partial charge is 0.327 e. The molecule has 1 aliphatic heterocycles. The van der Waals surface area contributed by atoms with Crippen LogP contribution in [-0.4, -0.2) is 53.1 Å². The van der Waals surface area contributed by atoms with Crippen molar-refractivity contribution in [3.05, 3.63) is 54.6 Å². The first-order valence-electron chi connectivity index (χ1n) is 8.23. The molecule has 1 saturated heterocycles. The van der Waals surface area contributed by atoms with E-state index in [1.807, 2.05) is 12.1 Å². The van der Waals surface area contributed by atoms with Crippen LogP contribution in [0.3, 0.4) is 0 Å². The van der Waals surface area contributed by atoms with Gasteiger partial charge in [-0.3, -0.25) is 14.6 Å². The fourth-order valence-corrected chi connectivity index (χ4v) is 3.43. The number of pyridine rings is 1. The molecule has 1 aromatic carbocycles. The zero-order valence-corrected chi connectivity index (χ0v) is 14.8. The Morgan fingerprint density at radius 1 is 1.23 bits per heavy atom. The minimum Gasteiger partial charge on any atom is -0.327 e. The van der Waals surface area contributed by atoms with Gasteiger partial charge in [0.1, 0.15) is 11.9 Å². The first-order chi connectivity index (χ1) is 12.6. The third kappa shape index (κ3) is 4.80. The summed E-state index contributed by atoms with van der Waals surface area (Å²) in [5.74, 6) is -0.490. The van der Waals surface area contributed by atoms with Gasteiger partial charge in [-0.25, -0.2) is 4.39 Å². The van der Waals surface area contributed by atoms with Crippen molar-refractivity contribution in [2.45, 2.75) is 10.9 Å². The van der Waals surface area contributed by atoms with Gasteiger partial charge in [-0.2, -0.15) is 0 Å². The topological polar surface area (TPSA) is 74.3 Å². The van der Waals surface area contributed by atoms with Crippen molar-refractivity contribution >= 4 is 29.3 Å². The summed E-state index contributed by atoms with van der Waals surface area (Å²) in [4.78, 5) is 31.7. The van der Waals surface area contributed by atoms with Crippen LogP contribution in [0, 0.1) is 5.82 Å². The summed E-state index contributed by atoms with van der Waals surface area (Å²) in [5, 5.41) is 5.88. The number of hydrogen-bond acceptors (Lipinski definition) is 5. The maximum Gasteiger partial charge on any atom is 0.248 e. The smallest absolute Gasteiger partial charge is 0.248 e. The minimum absolute atomic E-state index is 0.0902. The molecule has 1 atom stereocenters. The van der Waals surface area contributed by atoms with E-state index in [-0.39, 0.29) is 23.4 Å². The second kappa shape index (κ2) is 8.77. The number of halogens is 1. The number of rotatable bonds is 5. The Bertz CT molecular complexity index is 758. The summed E-state index contributed by atoms with van der Waals surface area (Å²) in [6.45, 7) is 1.50. The number of thioether (sulfide) groups is 1. The van der Waals surface area contributed by atoms with Crippen LogP contribution in [0.5, 0.6) is 0 Å². The van der Waals surface area contributed by atoms with E-state index in [0.717, 1.165) is 4.90 Å². The fraction of sp³-hybridized carbons (Fsp3) is 0.278. The van der Waals surface area contributed by atoms with Gasteiger partial charge in [-0.15, -0.1) is 11.8 Å². The lowest BCUT2D eigenvalue weighted by Crippen LogP contribution is -2.58. The highest BCUT2D eigenvalue weighted by molar-refractivity contribution is 8.00. The maximum absolute atomic E-state index is 13.0. The quantitative estimate of drug-likeness (QED) is 0.780. The second-order valence-electron chi connectivity index (χ2n) is 5.77. The molecule has 1 fully saturated rings. The molecule has 2 heterocycles. The molecule has 0 aliphatic carbocycles. The van der Waals surface area contributed by atoms with Gasteiger partial charge in [0.15, 0.2) is 0 Å². The lowest BCUT2D eigenvalue weighted by atomic mass is 10.1. The Balaban J connectivity index is 1.61. The number of benzene rings is 1. The van der Waals surface area contributed by atoms with Gasteiger partial charge in [-0.05, 0) is 36.4 Å². The number of piperazine rings is 1. The number of nitrogens with one attached hydrogen (secondary N) is 2. The summed E-state index contributed by atoms with van der Waals surface area (Å²) in [6.07, 6.45) is 3.35. The zero-order chi connectivity index (χ0) is 18.4. The van der Waals surface area contributed by atoms with E-state index in [0.29, 0.717) is 25.3 Å². The molecule has 3 rings (SSSR count). The van der Waals surface area contributed by atoms with Gasteiger partial charge >= 0.3 is 0 Å². The van der Waals surface area contributed by atoms with Gasteiger partial charge in [0.05, 0.1) is 5.75 Å². The van der Waals surface area contributed by atoms with E-state index in [9.17, 15) is 14.0 Å². The molecule has 1 aliphatic rings. The molecule has 2 N–H and O–H groups in total. The van der Waals surface area contributed by atoms with E-state index in [2.05, 4.69) is 15.6 Å². The van der Waals surface area contributed by atoms with Gasteiger partial charge in [-0.1, -0.05) is 0 Å². The molecule has 6 nitrogen and oxygen atoms in total. The van der Waals surface area contributed by atoms with Crippen molar-refractivity contribution in [1.82, 2.24) is 15.2 Å². The number of hydrogen-bond donors (Lipinski definition) is 2. The van der Waals surface area contributed by atoms with Crippen LogP contribution in [0.15, 0.2) is 53.7 Å². The SMILES string of the molecule is O=C(Nc1ccc(F)cc1)[C@H]1CNCCN1C(=O)CSc1ccncc1. The standard InChI is InChI=1S/C18H19FN4O2S/c19-13-1-3-14(4-2-13)22-18(25)16-11-21-9-10-23(16)17(24)12-26-15-5-7-20-8-6-15/h1-8,16,21H,9-12H2,(H,22,25)/t16-/m1/s1. The second-order valence-corrected chi connectivity index (χ2v) is 6.82. The molecule has 0 spiro atoms. The van der Waals surface area contributed by atoms with Crippen LogP contribution in [0.25, 0.3) is 0 Å². The molecule has 2 aromatic rings. The fourth-order valence-electron chi connectivity index (χ4n) is 2.66. The van der Waals surface area contributed by atoms with Gasteiger partial charge in [0, 0.05) is 42.6 Å². The monoisotopic (exact) mass is 374 g/mol. The average molecular weight is 374 g/mol. The summed E-state index contributed by atoms with van der Waals surface area (Å²) < 4.78 is 13.0. The lowest BCUT2D eigenvalue weighted by molar-refractivity contribution is -0.137. The predicted octanol–water partition coefficient (Wildman–Crippen LogP) is 1.75. The molecule has 1 aromatic heterocycles. The highest BCUT2D eigenvalue weighted by atomic mass is 32.2. The van der Waals surface area contributed by atoms with Crippen molar-refractivity contribution in [2.75, 3.05) is 30.7 Å². The number of carbonyl (C=O) groups is 2. The Morgan fingerprint density at radius 2 is 1.96 bits per heavy atom. The molecule has 136 valence electrons. The van der Waals surface area contributed by atoms with Crippen molar-refractivity contribution in [2.24, 2.45) is 0 Å². The van der Waals surface area contributed by atoms with Crippen molar-refractivity contribution in [3.8, 4) is 0 Å². The van der Waals surface area contributed by atoms with Crippen molar-refractivity contribution < 1.29 is 14.0 Å². The lowest BCUT2D eigenvalue weighted by Gasteiger charge is -2.35. The molecule has 0 unspecified atom stereocenters. The molecule has 26 heavy (non-hydrogen) atoms. The number of anilines is 1. The van der Waals surface area contributed by atoms with Crippen LogP contribution < -0.4 is 10.6 Å². The van der Waals surface area contributed by atoms with Crippen LogP contribution in [-0.2, 0) is 9.59 Å². The zero-order valence-electron chi connectivity index (χ0n) is 14.0. The third-order valence-electron chi connectivity index (χ3n) is 3.99. The maximum atomic E-state index is 13.0. The molecule has 2 amide bonds. The van der Waals surface area contributed by atoms with Gasteiger partial charge < -0.3 is 15.5 Å². The van der Waals surface area contributed by atoms with Crippen molar-refractivity contribution in [3.63, 3.8) is 0 Å². The van der Waals surface area contributed by atoms with E-state index < -0.39 is 6.04 Å². The van der Waals surface area contributed by atoms with Crippen molar-refractivity contribution in [1.29, 1.82) is 0 Å². The van der Waals surface area contributed by atoms with Gasteiger partial charge in [0.2, 0.25) is 11.8 Å². The molecule has 0 bridgehead atoms. The molecular weight excluding hydrogens is 355 g/mol. The summed E-state index contributed by atoms with van der Waals surface area (Å²) in [7, 11) is 0. The first kappa shape index (κ1) is 18.3. The third-order valence-corrected chi connectivity index (χ3v) is 4.99. The molecular formula is C18H19FN4O2S. The highest BCUT2D eigenvalue weighted by Gasteiger charge is 2.31. The number of amides is 2. The molecule has 0 saturated carbocycles. The van der Waals surface area contributed by atoms with Crippen LogP contribution in [0.1, 0.15) is 0 Å². The van der Waals surface area contributed by atoms with Crippen LogP contribution in [0.2, 0.25) is 0 Å². The van der Waals surface area contributed by atoms with E-state index >= 15 is 0 Å². The van der Waals surface area contributed by atoms with E-state index in [4.69, 9.17) is 0 Å². The summed E-state index contributed by atoms with van der Waals surface area (Å²) in [5.41, 5.74) is 0.500. The average Bonchev–Trinajstić information content (AvgIpc) is 2.68. The Kier molecular flexibility index (Phi) is 6.19. The Labute approximate surface area is 155 Å². The number of nitrogens with zero attached hydrogens (tertiary/aromatic N) is 2. The van der Waals surface area contributed by atoms with E-state index in [1.54, 1.807) is 17.3 Å². The van der Waals surface area contributed by atoms with Gasteiger partial charge in [0.25, 0.3) is 0 Å². The summed E-state index contributed by atoms with van der Waals surface area (Å²) in [6, 6.07) is 8.64. The molecule has 8 heteroatoms. The van der Waals surface area contributed by atoms with Crippen LogP contribution in [0.4, 0.5) is 10.1 Å². The highest BCUT2D eigenvalue weighted by Crippen LogP contribution is 2.18. The Hall–Kier alpha value is -2.45. The predicted molar refractivity (Wildman–Crippen MR) is 98.4 cm³/mol.